The minimum Gasteiger partial charge on any atom is -0.457 e. The summed E-state index contributed by atoms with van der Waals surface area (Å²) in [7, 11) is 2.42. The van der Waals surface area contributed by atoms with Gasteiger partial charge >= 0.3 is 0 Å². The van der Waals surface area contributed by atoms with Crippen LogP contribution in [0.25, 0.3) is 0 Å². The second-order valence-corrected chi connectivity index (χ2v) is 5.88. The standard InChI is InChI=1S/C6H12Cl2OSi2/c7-3-1-5-11(9-10)6-2-4-8/h1-6H2. The van der Waals surface area contributed by atoms with Crippen molar-refractivity contribution in [3.05, 3.63) is 0 Å². The summed E-state index contributed by atoms with van der Waals surface area (Å²) in [5, 5.41) is 0. The third kappa shape index (κ3) is 7.34. The molecule has 1 nitrogen and oxygen atoms in total. The van der Waals surface area contributed by atoms with Gasteiger partial charge < -0.3 is 4.12 Å². The third-order valence-corrected chi connectivity index (χ3v) is 4.83. The van der Waals surface area contributed by atoms with Crippen LogP contribution in [0.1, 0.15) is 12.8 Å². The maximum absolute atomic E-state index is 5.56. The summed E-state index contributed by atoms with van der Waals surface area (Å²) in [6.45, 7) is 0. The maximum Gasteiger partial charge on any atom is 0.229 e. The number of hydrogen-bond donors (Lipinski definition) is 0. The fourth-order valence-electron chi connectivity index (χ4n) is 0.755. The van der Waals surface area contributed by atoms with E-state index in [1.54, 1.807) is 0 Å². The summed E-state index contributed by atoms with van der Waals surface area (Å²) in [4.78, 5) is 0. The van der Waals surface area contributed by atoms with Gasteiger partial charge in [0, 0.05) is 11.8 Å². The Kier molecular flexibility index (Phi) is 9.87. The summed E-state index contributed by atoms with van der Waals surface area (Å²) >= 11 is 11.1. The fourth-order valence-corrected chi connectivity index (χ4v) is 3.68. The fraction of sp³-hybridized carbons (Fsp3) is 1.00. The predicted molar refractivity (Wildman–Crippen MR) is 52.9 cm³/mol. The van der Waals surface area contributed by atoms with Crippen LogP contribution in [0.4, 0.5) is 0 Å². The molecule has 0 rings (SSSR count). The van der Waals surface area contributed by atoms with Crippen LogP contribution >= 0.6 is 23.2 Å². The van der Waals surface area contributed by atoms with Gasteiger partial charge in [-0.2, -0.15) is 0 Å². The topological polar surface area (TPSA) is 9.23 Å². The van der Waals surface area contributed by atoms with Crippen molar-refractivity contribution < 1.29 is 4.12 Å². The van der Waals surface area contributed by atoms with Crippen LogP contribution in [0.3, 0.4) is 0 Å². The zero-order valence-corrected chi connectivity index (χ0v) is 9.92. The number of hydrogen-bond acceptors (Lipinski definition) is 1. The van der Waals surface area contributed by atoms with E-state index >= 15 is 0 Å². The molecule has 5 heteroatoms. The molecule has 0 aromatic rings. The molecule has 0 aliphatic carbocycles. The van der Waals surface area contributed by atoms with Crippen molar-refractivity contribution in [2.45, 2.75) is 24.9 Å². The minimum absolute atomic E-state index is 0.665. The lowest BCUT2D eigenvalue weighted by Crippen LogP contribution is -2.16. The molecule has 11 heavy (non-hydrogen) atoms. The highest BCUT2D eigenvalue weighted by atomic mass is 35.5. The maximum atomic E-state index is 5.56. The smallest absolute Gasteiger partial charge is 0.229 e. The minimum atomic E-state index is -0.665. The van der Waals surface area contributed by atoms with Gasteiger partial charge in [0.2, 0.25) is 10.5 Å². The molecule has 0 aromatic carbocycles. The van der Waals surface area contributed by atoms with Gasteiger partial charge in [-0.3, -0.25) is 0 Å². The molecule has 0 aliphatic heterocycles. The highest BCUT2D eigenvalue weighted by Crippen LogP contribution is 2.07. The second-order valence-electron chi connectivity index (χ2n) is 2.23. The molecule has 0 fully saturated rings. The first-order chi connectivity index (χ1) is 5.35. The lowest BCUT2D eigenvalue weighted by Gasteiger charge is -2.09. The molecular weight excluding hydrogens is 215 g/mol. The largest absolute Gasteiger partial charge is 0.457 e. The van der Waals surface area contributed by atoms with Gasteiger partial charge in [0.25, 0.3) is 0 Å². The Hall–Kier alpha value is 0.974. The number of halogens is 2. The zero-order chi connectivity index (χ0) is 8.53. The lowest BCUT2D eigenvalue weighted by atomic mass is 10.6. The van der Waals surface area contributed by atoms with Crippen LogP contribution < -0.4 is 0 Å². The summed E-state index contributed by atoms with van der Waals surface area (Å²) in [6, 6.07) is 2.21. The second kappa shape index (κ2) is 9.06. The van der Waals surface area contributed by atoms with Crippen molar-refractivity contribution >= 4 is 42.7 Å². The average Bonchev–Trinajstić information content (AvgIpc) is 2.05. The van der Waals surface area contributed by atoms with E-state index in [9.17, 15) is 0 Å². The molecule has 0 heterocycles. The van der Waals surface area contributed by atoms with E-state index in [1.165, 1.54) is 0 Å². The van der Waals surface area contributed by atoms with Crippen molar-refractivity contribution in [3.8, 4) is 0 Å². The molecule has 0 atom stereocenters. The molecule has 0 aromatic heterocycles. The van der Waals surface area contributed by atoms with Crippen LogP contribution in [0.5, 0.6) is 0 Å². The first kappa shape index (κ1) is 12.0. The summed E-state index contributed by atoms with van der Waals surface area (Å²) in [5.41, 5.74) is 0. The van der Waals surface area contributed by atoms with Crippen molar-refractivity contribution in [2.75, 3.05) is 11.8 Å². The van der Waals surface area contributed by atoms with Gasteiger partial charge in [-0.25, -0.2) is 0 Å². The van der Waals surface area contributed by atoms with Crippen LogP contribution in [0, 0.1) is 0 Å². The van der Waals surface area contributed by atoms with E-state index in [-0.39, 0.29) is 0 Å². The van der Waals surface area contributed by atoms with E-state index in [0.717, 1.165) is 36.7 Å². The average molecular weight is 227 g/mol. The highest BCUT2D eigenvalue weighted by Gasteiger charge is 2.09. The molecule has 0 bridgehead atoms. The molecule has 0 saturated heterocycles. The Labute approximate surface area is 83.7 Å². The third-order valence-electron chi connectivity index (χ3n) is 1.32. The zero-order valence-electron chi connectivity index (χ0n) is 6.41. The molecule has 0 amide bonds. The van der Waals surface area contributed by atoms with Gasteiger partial charge in [0.05, 0.1) is 0 Å². The number of alkyl halides is 2. The lowest BCUT2D eigenvalue weighted by molar-refractivity contribution is 0.617. The van der Waals surface area contributed by atoms with Gasteiger partial charge in [-0.05, 0) is 24.9 Å². The molecule has 4 radical (unpaired) electrons. The van der Waals surface area contributed by atoms with E-state index in [1.807, 2.05) is 0 Å². The van der Waals surface area contributed by atoms with Crippen molar-refractivity contribution in [1.82, 2.24) is 0 Å². The Balaban J connectivity index is 3.25. The van der Waals surface area contributed by atoms with Gasteiger partial charge in [0.15, 0.2) is 9.04 Å². The Morgan fingerprint density at radius 2 is 1.55 bits per heavy atom. The molecular formula is C6H12Cl2OSi2. The van der Waals surface area contributed by atoms with Crippen LogP contribution in [0.2, 0.25) is 12.1 Å². The monoisotopic (exact) mass is 226 g/mol. The van der Waals surface area contributed by atoms with Gasteiger partial charge in [0.1, 0.15) is 0 Å². The van der Waals surface area contributed by atoms with Crippen LogP contribution in [-0.2, 0) is 4.12 Å². The van der Waals surface area contributed by atoms with Crippen LogP contribution in [0.15, 0.2) is 0 Å². The molecule has 64 valence electrons. The first-order valence-electron chi connectivity index (χ1n) is 3.65. The Morgan fingerprint density at radius 3 is 1.82 bits per heavy atom. The van der Waals surface area contributed by atoms with E-state index in [0.29, 0.717) is 0 Å². The molecule has 0 spiro atoms. The van der Waals surface area contributed by atoms with E-state index in [4.69, 9.17) is 27.3 Å². The van der Waals surface area contributed by atoms with Gasteiger partial charge in [-0.15, -0.1) is 23.2 Å². The molecule has 0 N–H and O–H groups in total. The van der Waals surface area contributed by atoms with Gasteiger partial charge in [-0.1, -0.05) is 0 Å². The highest BCUT2D eigenvalue weighted by molar-refractivity contribution is 6.55. The molecule has 0 aliphatic rings. The van der Waals surface area contributed by atoms with Crippen LogP contribution in [-0.4, -0.2) is 31.3 Å². The first-order valence-corrected chi connectivity index (χ1v) is 6.95. The van der Waals surface area contributed by atoms with Crippen molar-refractivity contribution in [3.63, 3.8) is 0 Å². The summed E-state index contributed by atoms with van der Waals surface area (Å²) in [5.74, 6) is 1.45. The number of rotatable bonds is 7. The normalized spacial score (nSPS) is 10.9. The summed E-state index contributed by atoms with van der Waals surface area (Å²) < 4.78 is 5.14. The molecule has 0 unspecified atom stereocenters. The Bertz CT molecular complexity index is 77.0. The Morgan fingerprint density at radius 1 is 1.09 bits per heavy atom. The SMILES string of the molecule is [Si]O[Si](CCCCl)CCCCl. The summed E-state index contributed by atoms with van der Waals surface area (Å²) in [6.07, 6.45) is 2.09. The predicted octanol–water partition coefficient (Wildman–Crippen LogP) is 2.34. The quantitative estimate of drug-likeness (QED) is 0.479. The van der Waals surface area contributed by atoms with Crippen molar-refractivity contribution in [2.24, 2.45) is 0 Å². The van der Waals surface area contributed by atoms with Crippen molar-refractivity contribution in [1.29, 1.82) is 0 Å². The van der Waals surface area contributed by atoms with E-state index in [2.05, 4.69) is 10.5 Å². The molecule has 0 saturated carbocycles. The van der Waals surface area contributed by atoms with E-state index < -0.39 is 9.04 Å².